The van der Waals surface area contributed by atoms with E-state index in [1.54, 1.807) is 23.0 Å². The summed E-state index contributed by atoms with van der Waals surface area (Å²) in [6.07, 6.45) is 10.9. The van der Waals surface area contributed by atoms with Crippen LogP contribution < -0.4 is 5.56 Å². The Labute approximate surface area is 258 Å². The Morgan fingerprint density at radius 1 is 1.23 bits per heavy atom. The molecule has 5 aromatic rings. The Hall–Kier alpha value is -3.67. The van der Waals surface area contributed by atoms with E-state index in [2.05, 4.69) is 27.8 Å². The van der Waals surface area contributed by atoms with Crippen molar-refractivity contribution in [2.45, 2.75) is 63.1 Å². The summed E-state index contributed by atoms with van der Waals surface area (Å²) in [5.74, 6) is 0.716. The van der Waals surface area contributed by atoms with Crippen LogP contribution in [0.15, 0.2) is 58.7 Å². The van der Waals surface area contributed by atoms with E-state index in [0.717, 1.165) is 38.1 Å². The monoisotopic (exact) mass is 611 g/mol. The van der Waals surface area contributed by atoms with E-state index in [1.807, 2.05) is 32.2 Å². The molecule has 9 heteroatoms. The lowest BCUT2D eigenvalue weighted by molar-refractivity contribution is 0.164. The first-order valence-corrected chi connectivity index (χ1v) is 16.3. The zero-order chi connectivity index (χ0) is 30.0. The van der Waals surface area contributed by atoms with Crippen LogP contribution in [-0.2, 0) is 6.42 Å². The van der Waals surface area contributed by atoms with E-state index in [4.69, 9.17) is 16.6 Å². The molecule has 3 saturated carbocycles. The van der Waals surface area contributed by atoms with E-state index in [9.17, 15) is 10.1 Å². The Morgan fingerprint density at radius 2 is 2.02 bits per heavy atom. The molecule has 0 aliphatic heterocycles. The molecule has 0 saturated heterocycles. The minimum absolute atomic E-state index is 0.164. The van der Waals surface area contributed by atoms with Gasteiger partial charge in [-0.3, -0.25) is 9.78 Å². The molecule has 0 N–H and O–H groups in total. The van der Waals surface area contributed by atoms with Crippen LogP contribution in [0.1, 0.15) is 61.5 Å². The maximum atomic E-state index is 17.0. The quantitative estimate of drug-likeness (QED) is 0.173. The molecule has 6 nitrogen and oxygen atoms in total. The average molecular weight is 612 g/mol. The van der Waals surface area contributed by atoms with Gasteiger partial charge in [0.1, 0.15) is 10.5 Å². The highest BCUT2D eigenvalue weighted by atomic mass is 35.5. The van der Waals surface area contributed by atoms with Crippen molar-refractivity contribution in [3.05, 3.63) is 86.9 Å². The third-order valence-electron chi connectivity index (χ3n) is 9.70. The van der Waals surface area contributed by atoms with Crippen molar-refractivity contribution < 1.29 is 4.39 Å². The Morgan fingerprint density at radius 3 is 2.72 bits per heavy atom. The number of aromatic nitrogens is 4. The number of pyridine rings is 1. The average Bonchev–Trinajstić information content (AvgIpc) is 3.74. The number of nitriles is 1. The second-order valence-corrected chi connectivity index (χ2v) is 13.0. The number of benzene rings is 2. The molecule has 0 unspecified atom stereocenters. The molecular weight excluding hydrogens is 581 g/mol. The van der Waals surface area contributed by atoms with Crippen LogP contribution in [0.5, 0.6) is 0 Å². The van der Waals surface area contributed by atoms with Crippen LogP contribution in [0.3, 0.4) is 0 Å². The summed E-state index contributed by atoms with van der Waals surface area (Å²) in [4.78, 5) is 21.8. The van der Waals surface area contributed by atoms with Crippen LogP contribution in [0, 0.1) is 35.9 Å². The lowest BCUT2D eigenvalue weighted by Crippen LogP contribution is -2.33. The smallest absolute Gasteiger partial charge is 0.269 e. The summed E-state index contributed by atoms with van der Waals surface area (Å²) in [5.41, 5.74) is 4.86. The predicted octanol–water partition coefficient (Wildman–Crippen LogP) is 8.27. The van der Waals surface area contributed by atoms with Gasteiger partial charge in [0.2, 0.25) is 0 Å². The van der Waals surface area contributed by atoms with E-state index >= 15 is 4.39 Å². The minimum Gasteiger partial charge on any atom is -0.338 e. The van der Waals surface area contributed by atoms with Gasteiger partial charge in [0, 0.05) is 51.9 Å². The maximum absolute atomic E-state index is 17.0. The SMILES string of the molecule is CSc1nc2c(F)c(-c3cccc(Cl)c3C)c(CCC#N)cc2c2c1cc([C@@H](C)n1ccncc1=O)n2[C@@H]1[C@@H]2CC[C@H]1C2. The number of thioether (sulfide) groups is 1. The largest absolute Gasteiger partial charge is 0.338 e. The van der Waals surface area contributed by atoms with Gasteiger partial charge < -0.3 is 9.13 Å². The lowest BCUT2D eigenvalue weighted by Gasteiger charge is -2.39. The molecular formula is C34H31ClFN5OS. The summed E-state index contributed by atoms with van der Waals surface area (Å²) in [5, 5.41) is 12.5. The normalized spacial score (nSPS) is 20.0. The maximum Gasteiger partial charge on any atom is 0.269 e. The number of halogens is 2. The number of aryl methyl sites for hydroxylation is 1. The van der Waals surface area contributed by atoms with Gasteiger partial charge in [-0.15, -0.1) is 11.8 Å². The van der Waals surface area contributed by atoms with Gasteiger partial charge in [0.15, 0.2) is 5.82 Å². The molecule has 218 valence electrons. The first-order valence-electron chi connectivity index (χ1n) is 14.7. The zero-order valence-electron chi connectivity index (χ0n) is 24.3. The molecule has 0 spiro atoms. The van der Waals surface area contributed by atoms with Crippen LogP contribution in [0.2, 0.25) is 5.02 Å². The van der Waals surface area contributed by atoms with Crippen LogP contribution in [-0.4, -0.2) is 25.4 Å². The number of rotatable bonds is 7. The molecule has 3 fully saturated rings. The Kier molecular flexibility index (Phi) is 7.06. The van der Waals surface area contributed by atoms with Gasteiger partial charge in [-0.2, -0.15) is 5.26 Å². The van der Waals surface area contributed by atoms with E-state index in [-0.39, 0.29) is 24.1 Å². The van der Waals surface area contributed by atoms with E-state index in [0.29, 0.717) is 39.9 Å². The number of hydrogen-bond acceptors (Lipinski definition) is 5. The van der Waals surface area contributed by atoms with E-state index in [1.165, 1.54) is 37.2 Å². The van der Waals surface area contributed by atoms with Crippen molar-refractivity contribution in [3.8, 4) is 17.2 Å². The lowest BCUT2D eigenvalue weighted by atomic mass is 9.78. The predicted molar refractivity (Wildman–Crippen MR) is 170 cm³/mol. The van der Waals surface area contributed by atoms with Crippen molar-refractivity contribution in [1.82, 2.24) is 19.1 Å². The zero-order valence-corrected chi connectivity index (χ0v) is 25.8. The standard InChI is InChI=1S/C34H31ClFN5OS/c1-18-23(7-4-8-26(18)35)29-20(6-5-11-37)15-24-31(30(29)36)39-34(43-3)25-16-27(19(2)40-13-12-38-17-28(40)42)41(33(24)25)32-21-9-10-22(32)14-21/h4,7-8,12-13,15-17,19,21-22,32H,5-6,9-10,14H2,1-3H3/t19-,21-,22+,32-/m1/s1. The molecule has 3 aromatic heterocycles. The fourth-order valence-electron chi connectivity index (χ4n) is 7.59. The molecule has 4 atom stereocenters. The van der Waals surface area contributed by atoms with Crippen molar-refractivity contribution >= 4 is 45.2 Å². The third kappa shape index (κ3) is 4.31. The topological polar surface area (TPSA) is 76.5 Å². The van der Waals surface area contributed by atoms with Crippen LogP contribution >= 0.6 is 23.4 Å². The molecule has 3 heterocycles. The van der Waals surface area contributed by atoms with Crippen molar-refractivity contribution in [2.75, 3.05) is 6.26 Å². The Bertz CT molecular complexity index is 2010. The highest BCUT2D eigenvalue weighted by Gasteiger charge is 2.49. The van der Waals surface area contributed by atoms with Gasteiger partial charge in [-0.25, -0.2) is 9.37 Å². The molecule has 8 rings (SSSR count). The first kappa shape index (κ1) is 28.1. The fourth-order valence-corrected chi connectivity index (χ4v) is 8.32. The molecule has 3 aliphatic carbocycles. The summed E-state index contributed by atoms with van der Waals surface area (Å²) in [6, 6.07) is 12.0. The summed E-state index contributed by atoms with van der Waals surface area (Å²) >= 11 is 8.00. The summed E-state index contributed by atoms with van der Waals surface area (Å²) < 4.78 is 21.1. The molecule has 2 bridgehead atoms. The third-order valence-corrected chi connectivity index (χ3v) is 10.8. The molecule has 0 amide bonds. The van der Waals surface area contributed by atoms with Crippen LogP contribution in [0.4, 0.5) is 4.39 Å². The van der Waals surface area contributed by atoms with Gasteiger partial charge >= 0.3 is 0 Å². The van der Waals surface area contributed by atoms with Crippen LogP contribution in [0.25, 0.3) is 32.9 Å². The number of hydrogen-bond donors (Lipinski definition) is 0. The number of nitrogens with zero attached hydrogens (tertiary/aromatic N) is 5. The molecule has 0 radical (unpaired) electrons. The van der Waals surface area contributed by atoms with Crippen molar-refractivity contribution in [3.63, 3.8) is 0 Å². The highest BCUT2D eigenvalue weighted by Crippen LogP contribution is 2.58. The second-order valence-electron chi connectivity index (χ2n) is 11.8. The summed E-state index contributed by atoms with van der Waals surface area (Å²) in [7, 11) is 0. The van der Waals surface area contributed by atoms with E-state index < -0.39 is 5.82 Å². The molecule has 2 aromatic carbocycles. The second kappa shape index (κ2) is 10.8. The highest BCUT2D eigenvalue weighted by molar-refractivity contribution is 7.98. The van der Waals surface area contributed by atoms with Gasteiger partial charge in [-0.05, 0) is 92.5 Å². The van der Waals surface area contributed by atoms with Gasteiger partial charge in [0.25, 0.3) is 5.56 Å². The molecule has 3 aliphatic rings. The van der Waals surface area contributed by atoms with Gasteiger partial charge in [0.05, 0.1) is 23.8 Å². The molecule has 43 heavy (non-hydrogen) atoms. The van der Waals surface area contributed by atoms with Crippen molar-refractivity contribution in [1.29, 1.82) is 5.26 Å². The minimum atomic E-state index is -0.391. The van der Waals surface area contributed by atoms with Gasteiger partial charge in [-0.1, -0.05) is 23.7 Å². The van der Waals surface area contributed by atoms with Crippen molar-refractivity contribution in [2.24, 2.45) is 11.8 Å². The first-order chi connectivity index (χ1) is 20.8. The number of fused-ring (bicyclic) bond motifs is 4. The summed E-state index contributed by atoms with van der Waals surface area (Å²) in [6.45, 7) is 3.94. The Balaban J connectivity index is 1.59. The fraction of sp³-hybridized carbons (Fsp3) is 0.353.